The van der Waals surface area contributed by atoms with Crippen molar-refractivity contribution < 1.29 is 9.90 Å². The minimum absolute atomic E-state index is 0.198. The normalized spacial score (nSPS) is 15.3. The van der Waals surface area contributed by atoms with Crippen molar-refractivity contribution in [3.05, 3.63) is 54.6 Å². The largest absolute Gasteiger partial charge is 0.395 e. The molecule has 0 aromatic heterocycles. The monoisotopic (exact) mass is 424 g/mol. The van der Waals surface area contributed by atoms with Crippen molar-refractivity contribution in [3.63, 3.8) is 0 Å². The fraction of sp³-hybridized carbons (Fsp3) is 0.435. The van der Waals surface area contributed by atoms with E-state index >= 15 is 0 Å². The number of azo groups is 1. The Balaban J connectivity index is 1.28. The Kier molecular flexibility index (Phi) is 9.43. The first-order valence-electron chi connectivity index (χ1n) is 10.9. The first-order valence-corrected chi connectivity index (χ1v) is 10.9. The zero-order valence-corrected chi connectivity index (χ0v) is 17.9. The number of aliphatic hydroxyl groups is 1. The van der Waals surface area contributed by atoms with E-state index in [1.54, 1.807) is 0 Å². The van der Waals surface area contributed by atoms with Crippen LogP contribution in [0, 0.1) is 0 Å². The lowest BCUT2D eigenvalue weighted by atomic mass is 10.2. The Hall–Kier alpha value is -2.81. The number of nitrogens with zero attached hydrogens (tertiary/aromatic N) is 4. The molecule has 8 heteroatoms. The molecule has 2 aromatic rings. The van der Waals surface area contributed by atoms with Gasteiger partial charge in [0, 0.05) is 45.0 Å². The van der Waals surface area contributed by atoms with Gasteiger partial charge >= 0.3 is 6.03 Å². The standard InChI is InChI=1S/C23H32N6O2/c30-19-18-29-16-14-28(15-17-29)13-5-4-12-24-23(31)25-20-8-10-22(11-9-20)27-26-21-6-2-1-3-7-21/h1-3,6-11,30H,4-5,12-19H2,(H2,24,25,31). The van der Waals surface area contributed by atoms with Gasteiger partial charge in [0.1, 0.15) is 0 Å². The van der Waals surface area contributed by atoms with Gasteiger partial charge < -0.3 is 20.6 Å². The topological polar surface area (TPSA) is 92.6 Å². The second kappa shape index (κ2) is 12.8. The van der Waals surface area contributed by atoms with Crippen LogP contribution in [-0.4, -0.2) is 73.4 Å². The van der Waals surface area contributed by atoms with Crippen molar-refractivity contribution in [3.8, 4) is 0 Å². The highest BCUT2D eigenvalue weighted by molar-refractivity contribution is 5.89. The van der Waals surface area contributed by atoms with Crippen LogP contribution < -0.4 is 10.6 Å². The summed E-state index contributed by atoms with van der Waals surface area (Å²) in [6, 6.07) is 16.6. The molecule has 1 aliphatic rings. The third-order valence-electron chi connectivity index (χ3n) is 5.23. The van der Waals surface area contributed by atoms with Gasteiger partial charge in [0.15, 0.2) is 0 Å². The molecule has 0 bridgehead atoms. The number of amides is 2. The van der Waals surface area contributed by atoms with Gasteiger partial charge in [-0.15, -0.1) is 0 Å². The van der Waals surface area contributed by atoms with Crippen LogP contribution in [-0.2, 0) is 0 Å². The Labute approximate surface area is 184 Å². The molecule has 1 aliphatic heterocycles. The van der Waals surface area contributed by atoms with Crippen LogP contribution in [0.5, 0.6) is 0 Å². The summed E-state index contributed by atoms with van der Waals surface area (Å²) in [4.78, 5) is 16.8. The second-order valence-corrected chi connectivity index (χ2v) is 7.58. The highest BCUT2D eigenvalue weighted by atomic mass is 16.3. The van der Waals surface area contributed by atoms with Crippen LogP contribution in [0.2, 0.25) is 0 Å². The van der Waals surface area contributed by atoms with Crippen molar-refractivity contribution in [2.45, 2.75) is 12.8 Å². The number of carbonyl (C=O) groups is 1. The van der Waals surface area contributed by atoms with Crippen molar-refractivity contribution in [2.24, 2.45) is 10.2 Å². The molecule has 1 saturated heterocycles. The number of anilines is 1. The van der Waals surface area contributed by atoms with E-state index in [2.05, 4.69) is 30.7 Å². The van der Waals surface area contributed by atoms with Crippen LogP contribution in [0.25, 0.3) is 0 Å². The molecule has 1 fully saturated rings. The predicted molar refractivity (Wildman–Crippen MR) is 123 cm³/mol. The minimum atomic E-state index is -0.198. The molecular weight excluding hydrogens is 392 g/mol. The van der Waals surface area contributed by atoms with Crippen molar-refractivity contribution in [2.75, 3.05) is 57.7 Å². The third-order valence-corrected chi connectivity index (χ3v) is 5.23. The molecule has 1 heterocycles. The number of nitrogens with one attached hydrogen (secondary N) is 2. The fourth-order valence-electron chi connectivity index (χ4n) is 3.44. The molecule has 0 aliphatic carbocycles. The molecular formula is C23H32N6O2. The minimum Gasteiger partial charge on any atom is -0.395 e. The molecule has 0 atom stereocenters. The van der Waals surface area contributed by atoms with Gasteiger partial charge in [0.05, 0.1) is 18.0 Å². The zero-order valence-electron chi connectivity index (χ0n) is 17.9. The van der Waals surface area contributed by atoms with E-state index in [1.807, 2.05) is 54.6 Å². The summed E-state index contributed by atoms with van der Waals surface area (Å²) in [5.74, 6) is 0. The number of aliphatic hydroxyl groups excluding tert-OH is 1. The average molecular weight is 425 g/mol. The Morgan fingerprint density at radius 1 is 0.839 bits per heavy atom. The summed E-state index contributed by atoms with van der Waals surface area (Å²) in [6.45, 7) is 6.85. The first kappa shape index (κ1) is 22.9. The Morgan fingerprint density at radius 2 is 1.45 bits per heavy atom. The first-order chi connectivity index (χ1) is 15.2. The van der Waals surface area contributed by atoms with Gasteiger partial charge in [-0.2, -0.15) is 10.2 Å². The fourth-order valence-corrected chi connectivity index (χ4v) is 3.44. The van der Waals surface area contributed by atoms with Gasteiger partial charge in [0.2, 0.25) is 0 Å². The average Bonchev–Trinajstić information content (AvgIpc) is 2.80. The summed E-state index contributed by atoms with van der Waals surface area (Å²) < 4.78 is 0. The smallest absolute Gasteiger partial charge is 0.319 e. The number of hydrogen-bond donors (Lipinski definition) is 3. The highest BCUT2D eigenvalue weighted by Gasteiger charge is 2.15. The molecule has 166 valence electrons. The van der Waals surface area contributed by atoms with Crippen LogP contribution in [0.15, 0.2) is 64.8 Å². The third kappa shape index (κ3) is 8.45. The van der Waals surface area contributed by atoms with Gasteiger partial charge in [-0.3, -0.25) is 4.90 Å². The maximum Gasteiger partial charge on any atom is 0.319 e. The van der Waals surface area contributed by atoms with E-state index in [1.165, 1.54) is 0 Å². The van der Waals surface area contributed by atoms with Crippen LogP contribution in [0.3, 0.4) is 0 Å². The van der Waals surface area contributed by atoms with E-state index < -0.39 is 0 Å². The lowest BCUT2D eigenvalue weighted by Gasteiger charge is -2.34. The van der Waals surface area contributed by atoms with E-state index in [-0.39, 0.29) is 12.6 Å². The molecule has 0 saturated carbocycles. The quantitative estimate of drug-likeness (QED) is 0.401. The van der Waals surface area contributed by atoms with Gasteiger partial charge in [-0.1, -0.05) is 18.2 Å². The Morgan fingerprint density at radius 3 is 2.10 bits per heavy atom. The number of benzene rings is 2. The van der Waals surface area contributed by atoms with E-state index in [4.69, 9.17) is 5.11 Å². The summed E-state index contributed by atoms with van der Waals surface area (Å²) in [5, 5.41) is 23.1. The zero-order chi connectivity index (χ0) is 21.7. The Bertz CT molecular complexity index is 805. The summed E-state index contributed by atoms with van der Waals surface area (Å²) in [7, 11) is 0. The van der Waals surface area contributed by atoms with Crippen LogP contribution >= 0.6 is 0 Å². The highest BCUT2D eigenvalue weighted by Crippen LogP contribution is 2.19. The molecule has 0 spiro atoms. The molecule has 8 nitrogen and oxygen atoms in total. The molecule has 3 N–H and O–H groups in total. The number of unbranched alkanes of at least 4 members (excludes halogenated alkanes) is 1. The summed E-state index contributed by atoms with van der Waals surface area (Å²) in [5.41, 5.74) is 2.25. The maximum absolute atomic E-state index is 12.1. The summed E-state index contributed by atoms with van der Waals surface area (Å²) >= 11 is 0. The number of carbonyl (C=O) groups excluding carboxylic acids is 1. The predicted octanol–water partition coefficient (Wildman–Crippen LogP) is 3.61. The summed E-state index contributed by atoms with van der Waals surface area (Å²) in [6.07, 6.45) is 2.00. The van der Waals surface area contributed by atoms with Crippen LogP contribution in [0.4, 0.5) is 21.9 Å². The van der Waals surface area contributed by atoms with Crippen molar-refractivity contribution >= 4 is 23.1 Å². The van der Waals surface area contributed by atoms with Crippen molar-refractivity contribution in [1.29, 1.82) is 0 Å². The number of piperazine rings is 1. The number of rotatable bonds is 10. The molecule has 3 rings (SSSR count). The lowest BCUT2D eigenvalue weighted by Crippen LogP contribution is -2.47. The van der Waals surface area contributed by atoms with Crippen LogP contribution in [0.1, 0.15) is 12.8 Å². The number of urea groups is 1. The number of β-amino-alcohol motifs (C(OH)–C–C–N with tert-alkyl or cyclic N) is 1. The molecule has 0 unspecified atom stereocenters. The number of hydrogen-bond acceptors (Lipinski definition) is 6. The van der Waals surface area contributed by atoms with E-state index in [0.717, 1.165) is 69.2 Å². The van der Waals surface area contributed by atoms with Gasteiger partial charge in [-0.05, 0) is 55.8 Å². The second-order valence-electron chi connectivity index (χ2n) is 7.58. The lowest BCUT2D eigenvalue weighted by molar-refractivity contribution is 0.111. The molecule has 0 radical (unpaired) electrons. The van der Waals surface area contributed by atoms with Crippen molar-refractivity contribution in [1.82, 2.24) is 15.1 Å². The molecule has 2 aromatic carbocycles. The van der Waals surface area contributed by atoms with Gasteiger partial charge in [-0.25, -0.2) is 4.79 Å². The SMILES string of the molecule is O=C(NCCCCN1CCN(CCO)CC1)Nc1ccc(N=Nc2ccccc2)cc1. The molecule has 31 heavy (non-hydrogen) atoms. The van der Waals surface area contributed by atoms with Gasteiger partial charge in [0.25, 0.3) is 0 Å². The van der Waals surface area contributed by atoms with E-state index in [9.17, 15) is 4.79 Å². The van der Waals surface area contributed by atoms with E-state index in [0.29, 0.717) is 6.54 Å². The maximum atomic E-state index is 12.1. The molecule has 2 amide bonds.